The number of likely N-dealkylation sites (tertiary alicyclic amines) is 1. The highest BCUT2D eigenvalue weighted by Gasteiger charge is 2.35. The molecule has 1 aliphatic rings. The number of nitrogens with zero attached hydrogens (tertiary/aromatic N) is 3. The largest absolute Gasteiger partial charge is 0.467 e. The lowest BCUT2D eigenvalue weighted by molar-refractivity contribution is -0.145. The lowest BCUT2D eigenvalue weighted by Gasteiger charge is -2.21. The maximum absolute atomic E-state index is 12.1. The molecule has 92 valence electrons. The first-order valence-corrected chi connectivity index (χ1v) is 5.50. The first-order chi connectivity index (χ1) is 8.13. The summed E-state index contributed by atoms with van der Waals surface area (Å²) in [5, 5.41) is 0. The predicted molar refractivity (Wildman–Crippen MR) is 59.3 cm³/mol. The van der Waals surface area contributed by atoms with Crippen molar-refractivity contribution in [2.45, 2.75) is 18.9 Å². The Hall–Kier alpha value is -1.85. The molecule has 1 unspecified atom stereocenters. The van der Waals surface area contributed by atoms with E-state index in [4.69, 9.17) is 4.74 Å². The predicted octanol–water partition coefficient (Wildman–Crippen LogP) is 0.198. The highest BCUT2D eigenvalue weighted by molar-refractivity contribution is 5.95. The molecule has 1 amide bonds. The van der Waals surface area contributed by atoms with Crippen LogP contribution in [0.25, 0.3) is 0 Å². The molecule has 1 saturated heterocycles. The van der Waals surface area contributed by atoms with Crippen molar-refractivity contribution in [3.63, 3.8) is 0 Å². The fraction of sp³-hybridized carbons (Fsp3) is 0.545. The molecule has 0 N–H and O–H groups in total. The van der Waals surface area contributed by atoms with Gasteiger partial charge in [0, 0.05) is 19.8 Å². The monoisotopic (exact) mass is 237 g/mol. The number of hydrogen-bond donors (Lipinski definition) is 0. The normalized spacial score (nSPS) is 19.4. The Morgan fingerprint density at radius 2 is 2.29 bits per heavy atom. The van der Waals surface area contributed by atoms with Crippen molar-refractivity contribution in [1.82, 2.24) is 14.5 Å². The number of rotatable bonds is 2. The van der Waals surface area contributed by atoms with E-state index in [1.165, 1.54) is 12.0 Å². The Labute approximate surface area is 99.2 Å². The van der Waals surface area contributed by atoms with E-state index >= 15 is 0 Å². The Kier molecular flexibility index (Phi) is 3.12. The third-order valence-electron chi connectivity index (χ3n) is 2.91. The van der Waals surface area contributed by atoms with Gasteiger partial charge in [-0.15, -0.1) is 0 Å². The highest BCUT2D eigenvalue weighted by atomic mass is 16.5. The number of carbonyl (C=O) groups excluding carboxylic acids is 2. The van der Waals surface area contributed by atoms with Crippen LogP contribution in [0.2, 0.25) is 0 Å². The van der Waals surface area contributed by atoms with Gasteiger partial charge in [0.2, 0.25) is 0 Å². The van der Waals surface area contributed by atoms with Crippen molar-refractivity contribution in [2.75, 3.05) is 13.7 Å². The molecule has 6 nitrogen and oxygen atoms in total. The van der Waals surface area contributed by atoms with Gasteiger partial charge in [-0.3, -0.25) is 4.79 Å². The van der Waals surface area contributed by atoms with Gasteiger partial charge < -0.3 is 14.2 Å². The average molecular weight is 237 g/mol. The lowest BCUT2D eigenvalue weighted by Crippen LogP contribution is -2.41. The molecular formula is C11H15N3O3. The molecule has 0 aromatic carbocycles. The molecule has 17 heavy (non-hydrogen) atoms. The number of amides is 1. The zero-order chi connectivity index (χ0) is 12.4. The Bertz CT molecular complexity index is 441. The molecule has 1 atom stereocenters. The molecule has 1 fully saturated rings. The van der Waals surface area contributed by atoms with E-state index in [-0.39, 0.29) is 11.9 Å². The number of ether oxygens (including phenoxy) is 1. The molecule has 0 aliphatic carbocycles. The molecule has 1 aromatic rings. The topological polar surface area (TPSA) is 64.4 Å². The van der Waals surface area contributed by atoms with Crippen molar-refractivity contribution in [3.8, 4) is 0 Å². The van der Waals surface area contributed by atoms with Gasteiger partial charge in [-0.2, -0.15) is 0 Å². The maximum Gasteiger partial charge on any atom is 0.328 e. The van der Waals surface area contributed by atoms with E-state index < -0.39 is 6.04 Å². The molecule has 0 radical (unpaired) electrons. The SMILES string of the molecule is COC(=O)C1CCCN1C(=O)c1cn(C)cn1. The van der Waals surface area contributed by atoms with Crippen molar-refractivity contribution in [2.24, 2.45) is 7.05 Å². The van der Waals surface area contributed by atoms with Crippen LogP contribution in [0.1, 0.15) is 23.3 Å². The quantitative estimate of drug-likeness (QED) is 0.689. The van der Waals surface area contributed by atoms with E-state index in [9.17, 15) is 9.59 Å². The van der Waals surface area contributed by atoms with Crippen LogP contribution in [0.5, 0.6) is 0 Å². The standard InChI is InChI=1S/C11H15N3O3/c1-13-6-8(12-7-13)10(15)14-5-3-4-9(14)11(16)17-2/h6-7,9H,3-5H2,1-2H3. The highest BCUT2D eigenvalue weighted by Crippen LogP contribution is 2.20. The lowest BCUT2D eigenvalue weighted by atomic mass is 10.2. The smallest absolute Gasteiger partial charge is 0.328 e. The van der Waals surface area contributed by atoms with E-state index in [0.717, 1.165) is 6.42 Å². The van der Waals surface area contributed by atoms with Crippen LogP contribution in [0, 0.1) is 0 Å². The second-order valence-electron chi connectivity index (χ2n) is 4.10. The van der Waals surface area contributed by atoms with Crippen LogP contribution < -0.4 is 0 Å². The Balaban J connectivity index is 2.16. The van der Waals surface area contributed by atoms with Gasteiger partial charge >= 0.3 is 5.97 Å². The molecule has 1 aliphatic heterocycles. The van der Waals surface area contributed by atoms with Gasteiger partial charge in [-0.1, -0.05) is 0 Å². The van der Waals surface area contributed by atoms with E-state index in [1.54, 1.807) is 24.1 Å². The summed E-state index contributed by atoms with van der Waals surface area (Å²) in [6, 6.07) is -0.463. The van der Waals surface area contributed by atoms with Crippen LogP contribution >= 0.6 is 0 Å². The van der Waals surface area contributed by atoms with Gasteiger partial charge in [0.1, 0.15) is 11.7 Å². The molecule has 6 heteroatoms. The Morgan fingerprint density at radius 1 is 1.53 bits per heavy atom. The summed E-state index contributed by atoms with van der Waals surface area (Å²) in [5.74, 6) is -0.565. The number of methoxy groups -OCH3 is 1. The van der Waals surface area contributed by atoms with E-state index in [2.05, 4.69) is 4.98 Å². The maximum atomic E-state index is 12.1. The molecular weight excluding hydrogens is 222 g/mol. The summed E-state index contributed by atoms with van der Waals surface area (Å²) in [6.07, 6.45) is 4.69. The van der Waals surface area contributed by atoms with Crippen molar-refractivity contribution >= 4 is 11.9 Å². The van der Waals surface area contributed by atoms with Crippen LogP contribution in [0.15, 0.2) is 12.5 Å². The third kappa shape index (κ3) is 2.15. The zero-order valence-corrected chi connectivity index (χ0v) is 9.92. The summed E-state index contributed by atoms with van der Waals surface area (Å²) >= 11 is 0. The summed E-state index contributed by atoms with van der Waals surface area (Å²) in [5.41, 5.74) is 0.364. The first kappa shape index (κ1) is 11.6. The van der Waals surface area contributed by atoms with E-state index in [0.29, 0.717) is 18.7 Å². The second-order valence-corrected chi connectivity index (χ2v) is 4.10. The number of imidazole rings is 1. The number of aromatic nitrogens is 2. The summed E-state index contributed by atoms with van der Waals surface area (Å²) in [7, 11) is 3.13. The van der Waals surface area contributed by atoms with Crippen LogP contribution in [0.3, 0.4) is 0 Å². The number of esters is 1. The minimum atomic E-state index is -0.463. The van der Waals surface area contributed by atoms with Gasteiger partial charge in [0.15, 0.2) is 0 Å². The van der Waals surface area contributed by atoms with Crippen molar-refractivity contribution < 1.29 is 14.3 Å². The minimum absolute atomic E-state index is 0.210. The van der Waals surface area contributed by atoms with Gasteiger partial charge in [0.25, 0.3) is 5.91 Å². The third-order valence-corrected chi connectivity index (χ3v) is 2.91. The molecule has 0 bridgehead atoms. The first-order valence-electron chi connectivity index (χ1n) is 5.50. The second kappa shape index (κ2) is 4.57. The molecule has 2 rings (SSSR count). The van der Waals surface area contributed by atoms with Crippen LogP contribution in [-0.2, 0) is 16.6 Å². The number of aryl methyl sites for hydroxylation is 1. The van der Waals surface area contributed by atoms with Crippen LogP contribution in [0.4, 0.5) is 0 Å². The minimum Gasteiger partial charge on any atom is -0.467 e. The molecule has 0 spiro atoms. The Morgan fingerprint density at radius 3 is 2.88 bits per heavy atom. The summed E-state index contributed by atoms with van der Waals surface area (Å²) < 4.78 is 6.40. The number of carbonyl (C=O) groups is 2. The molecule has 0 saturated carbocycles. The average Bonchev–Trinajstić information content (AvgIpc) is 2.95. The van der Waals surface area contributed by atoms with E-state index in [1.807, 2.05) is 0 Å². The summed E-state index contributed by atoms with van der Waals surface area (Å²) in [6.45, 7) is 0.579. The van der Waals surface area contributed by atoms with Gasteiger partial charge in [-0.25, -0.2) is 9.78 Å². The fourth-order valence-corrected chi connectivity index (χ4v) is 2.06. The van der Waals surface area contributed by atoms with Crippen LogP contribution in [-0.4, -0.2) is 46.0 Å². The van der Waals surface area contributed by atoms with Crippen molar-refractivity contribution in [3.05, 3.63) is 18.2 Å². The molecule has 2 heterocycles. The number of hydrogen-bond acceptors (Lipinski definition) is 4. The molecule has 1 aromatic heterocycles. The van der Waals surface area contributed by atoms with Gasteiger partial charge in [0.05, 0.1) is 13.4 Å². The van der Waals surface area contributed by atoms with Crippen molar-refractivity contribution in [1.29, 1.82) is 0 Å². The zero-order valence-electron chi connectivity index (χ0n) is 9.92. The summed E-state index contributed by atoms with van der Waals surface area (Å²) in [4.78, 5) is 29.2. The van der Waals surface area contributed by atoms with Gasteiger partial charge in [-0.05, 0) is 12.8 Å². The fourth-order valence-electron chi connectivity index (χ4n) is 2.06.